The Morgan fingerprint density at radius 2 is 2.04 bits per heavy atom. The van der Waals surface area contributed by atoms with E-state index in [4.69, 9.17) is 5.73 Å². The first-order chi connectivity index (χ1) is 11.2. The van der Waals surface area contributed by atoms with Crippen LogP contribution in [0.2, 0.25) is 0 Å². The number of carbonyl (C=O) groups is 1. The van der Waals surface area contributed by atoms with Gasteiger partial charge in [0, 0.05) is 30.9 Å². The number of rotatable bonds is 6. The van der Waals surface area contributed by atoms with Crippen LogP contribution in [-0.4, -0.2) is 21.8 Å². The Balaban J connectivity index is 1.85. The third-order valence-corrected chi connectivity index (χ3v) is 4.53. The molecule has 23 heavy (non-hydrogen) atoms. The smallest absolute Gasteiger partial charge is 0.254 e. The van der Waals surface area contributed by atoms with Crippen molar-refractivity contribution in [2.75, 3.05) is 0 Å². The van der Waals surface area contributed by atoms with Crippen LogP contribution in [0, 0.1) is 5.92 Å². The molecule has 0 spiro atoms. The molecule has 1 saturated carbocycles. The summed E-state index contributed by atoms with van der Waals surface area (Å²) in [5.74, 6) is 0.684. The minimum atomic E-state index is 0.0605. The lowest BCUT2D eigenvalue weighted by atomic mass is 10.1. The van der Waals surface area contributed by atoms with Gasteiger partial charge >= 0.3 is 0 Å². The molecule has 0 bridgehead atoms. The van der Waals surface area contributed by atoms with Crippen molar-refractivity contribution >= 4 is 5.91 Å². The minimum absolute atomic E-state index is 0.0605. The van der Waals surface area contributed by atoms with E-state index < -0.39 is 0 Å². The van der Waals surface area contributed by atoms with E-state index in [2.05, 4.69) is 24.0 Å². The monoisotopic (exact) mass is 309 g/mol. The summed E-state index contributed by atoms with van der Waals surface area (Å²) < 4.78 is 0. The lowest BCUT2D eigenvalue weighted by Crippen LogP contribution is -2.39. The highest BCUT2D eigenvalue weighted by Crippen LogP contribution is 2.36. The summed E-state index contributed by atoms with van der Waals surface area (Å²) >= 11 is 0. The Bertz CT molecular complexity index is 667. The molecule has 1 heterocycles. The predicted molar refractivity (Wildman–Crippen MR) is 90.6 cm³/mol. The maximum Gasteiger partial charge on any atom is 0.254 e. The van der Waals surface area contributed by atoms with Crippen LogP contribution < -0.4 is 5.73 Å². The molecule has 1 aromatic carbocycles. The summed E-state index contributed by atoms with van der Waals surface area (Å²) in [6.45, 7) is 3.14. The first-order valence-electron chi connectivity index (χ1n) is 8.19. The fourth-order valence-corrected chi connectivity index (χ4v) is 2.90. The molecule has 1 aromatic heterocycles. The van der Waals surface area contributed by atoms with Gasteiger partial charge in [0.05, 0.1) is 5.69 Å². The number of nitrogens with zero attached hydrogens (tertiary/aromatic N) is 2. The third kappa shape index (κ3) is 3.77. The zero-order valence-electron chi connectivity index (χ0n) is 13.5. The van der Waals surface area contributed by atoms with Crippen LogP contribution in [-0.2, 0) is 13.1 Å². The van der Waals surface area contributed by atoms with Gasteiger partial charge in [0.1, 0.15) is 0 Å². The molecule has 4 heteroatoms. The van der Waals surface area contributed by atoms with Crippen LogP contribution in [0.1, 0.15) is 41.4 Å². The Kier molecular flexibility index (Phi) is 4.72. The second-order valence-corrected chi connectivity index (χ2v) is 6.24. The molecule has 4 nitrogen and oxygen atoms in total. The highest BCUT2D eigenvalue weighted by atomic mass is 16.2. The number of amides is 1. The molecule has 120 valence electrons. The van der Waals surface area contributed by atoms with Gasteiger partial charge in [-0.2, -0.15) is 0 Å². The molecule has 2 N–H and O–H groups in total. The Labute approximate surface area is 137 Å². The van der Waals surface area contributed by atoms with E-state index in [-0.39, 0.29) is 11.9 Å². The number of carbonyl (C=O) groups excluding carboxylic acids is 1. The summed E-state index contributed by atoms with van der Waals surface area (Å²) in [6.07, 6.45) is 4.09. The molecule has 1 fully saturated rings. The van der Waals surface area contributed by atoms with Gasteiger partial charge in [-0.05, 0) is 43.4 Å². The fourth-order valence-electron chi connectivity index (χ4n) is 2.90. The summed E-state index contributed by atoms with van der Waals surface area (Å²) in [7, 11) is 0. The molecular weight excluding hydrogens is 286 g/mol. The van der Waals surface area contributed by atoms with Gasteiger partial charge in [0.25, 0.3) is 5.91 Å². The topological polar surface area (TPSA) is 59.2 Å². The van der Waals surface area contributed by atoms with Crippen molar-refractivity contribution in [1.82, 2.24) is 9.88 Å². The average Bonchev–Trinajstić information content (AvgIpc) is 3.44. The fraction of sp³-hybridized carbons (Fsp3) is 0.368. The van der Waals surface area contributed by atoms with Crippen LogP contribution in [0.4, 0.5) is 0 Å². The molecule has 0 saturated heterocycles. The van der Waals surface area contributed by atoms with Gasteiger partial charge in [-0.15, -0.1) is 0 Å². The normalized spacial score (nSPS) is 15.2. The highest BCUT2D eigenvalue weighted by molar-refractivity contribution is 5.94. The zero-order valence-corrected chi connectivity index (χ0v) is 13.5. The summed E-state index contributed by atoms with van der Waals surface area (Å²) in [5, 5.41) is 0. The van der Waals surface area contributed by atoms with Crippen molar-refractivity contribution in [2.45, 2.75) is 38.9 Å². The molecule has 1 aliphatic carbocycles. The SMILES string of the molecule is CC(C1CC1)N(Cc1ccccc1)C(=O)c1ccnc(CN)c1. The molecule has 1 atom stereocenters. The van der Waals surface area contributed by atoms with E-state index in [9.17, 15) is 4.79 Å². The van der Waals surface area contributed by atoms with Crippen LogP contribution >= 0.6 is 0 Å². The second-order valence-electron chi connectivity index (χ2n) is 6.24. The van der Waals surface area contributed by atoms with Crippen molar-refractivity contribution in [2.24, 2.45) is 11.7 Å². The maximum atomic E-state index is 13.0. The number of nitrogens with two attached hydrogens (primary N) is 1. The number of hydrogen-bond acceptors (Lipinski definition) is 3. The molecule has 0 radical (unpaired) electrons. The number of pyridine rings is 1. The average molecular weight is 309 g/mol. The Hall–Kier alpha value is -2.20. The molecule has 1 unspecified atom stereocenters. The van der Waals surface area contributed by atoms with E-state index in [1.807, 2.05) is 23.1 Å². The molecule has 2 aromatic rings. The van der Waals surface area contributed by atoms with E-state index in [0.717, 1.165) is 11.3 Å². The first-order valence-corrected chi connectivity index (χ1v) is 8.19. The number of benzene rings is 1. The number of hydrogen-bond donors (Lipinski definition) is 1. The van der Waals surface area contributed by atoms with Gasteiger partial charge in [0.2, 0.25) is 0 Å². The number of aromatic nitrogens is 1. The van der Waals surface area contributed by atoms with Crippen LogP contribution in [0.3, 0.4) is 0 Å². The van der Waals surface area contributed by atoms with E-state index in [1.165, 1.54) is 12.8 Å². The van der Waals surface area contributed by atoms with Crippen molar-refractivity contribution in [3.63, 3.8) is 0 Å². The van der Waals surface area contributed by atoms with Crippen molar-refractivity contribution in [3.05, 3.63) is 65.5 Å². The standard InChI is InChI=1S/C19H23N3O/c1-14(16-7-8-16)22(13-15-5-3-2-4-6-15)19(23)17-9-10-21-18(11-17)12-20/h2-6,9-11,14,16H,7-8,12-13,20H2,1H3. The van der Waals surface area contributed by atoms with Gasteiger partial charge in [-0.1, -0.05) is 30.3 Å². The van der Waals surface area contributed by atoms with E-state index in [0.29, 0.717) is 24.6 Å². The second kappa shape index (κ2) is 6.92. The molecule has 1 amide bonds. The Morgan fingerprint density at radius 3 is 2.70 bits per heavy atom. The van der Waals surface area contributed by atoms with Gasteiger partial charge < -0.3 is 10.6 Å². The maximum absolute atomic E-state index is 13.0. The first kappa shape index (κ1) is 15.7. The van der Waals surface area contributed by atoms with Crippen molar-refractivity contribution in [3.8, 4) is 0 Å². The molecule has 1 aliphatic rings. The molecule has 3 rings (SSSR count). The van der Waals surface area contributed by atoms with Crippen LogP contribution in [0.25, 0.3) is 0 Å². The largest absolute Gasteiger partial charge is 0.331 e. The highest BCUT2D eigenvalue weighted by Gasteiger charge is 2.34. The van der Waals surface area contributed by atoms with Gasteiger partial charge in [-0.25, -0.2) is 0 Å². The van der Waals surface area contributed by atoms with Crippen LogP contribution in [0.5, 0.6) is 0 Å². The quantitative estimate of drug-likeness (QED) is 0.892. The predicted octanol–water partition coefficient (Wildman–Crippen LogP) is 2.98. The molecular formula is C19H23N3O. The van der Waals surface area contributed by atoms with Gasteiger partial charge in [0.15, 0.2) is 0 Å². The third-order valence-electron chi connectivity index (χ3n) is 4.53. The van der Waals surface area contributed by atoms with Gasteiger partial charge in [-0.3, -0.25) is 9.78 Å². The van der Waals surface area contributed by atoms with Crippen LogP contribution in [0.15, 0.2) is 48.7 Å². The summed E-state index contributed by atoms with van der Waals surface area (Å²) in [6, 6.07) is 14.0. The van der Waals surface area contributed by atoms with Crippen molar-refractivity contribution in [1.29, 1.82) is 0 Å². The van der Waals surface area contributed by atoms with E-state index in [1.54, 1.807) is 18.3 Å². The summed E-state index contributed by atoms with van der Waals surface area (Å²) in [4.78, 5) is 19.2. The Morgan fingerprint density at radius 1 is 1.30 bits per heavy atom. The zero-order chi connectivity index (χ0) is 16.2. The molecule has 0 aliphatic heterocycles. The van der Waals surface area contributed by atoms with E-state index >= 15 is 0 Å². The van der Waals surface area contributed by atoms with Crippen molar-refractivity contribution < 1.29 is 4.79 Å². The summed E-state index contributed by atoms with van der Waals surface area (Å²) in [5.41, 5.74) is 8.22. The minimum Gasteiger partial charge on any atom is -0.331 e. The lowest BCUT2D eigenvalue weighted by Gasteiger charge is -2.30. The lowest BCUT2D eigenvalue weighted by molar-refractivity contribution is 0.0654.